The predicted molar refractivity (Wildman–Crippen MR) is 82.5 cm³/mol. The van der Waals surface area contributed by atoms with Gasteiger partial charge in [0.1, 0.15) is 12.4 Å². The molecule has 2 rings (SSSR count). The Kier molecular flexibility index (Phi) is 5.89. The van der Waals surface area contributed by atoms with E-state index in [-0.39, 0.29) is 24.5 Å². The lowest BCUT2D eigenvalue weighted by molar-refractivity contribution is 0.0572. The van der Waals surface area contributed by atoms with E-state index in [0.29, 0.717) is 37.5 Å². The maximum atomic E-state index is 12.4. The van der Waals surface area contributed by atoms with E-state index >= 15 is 0 Å². The highest BCUT2D eigenvalue weighted by atomic mass is 35.5. The van der Waals surface area contributed by atoms with E-state index in [1.165, 1.54) is 0 Å². The Hall–Kier alpha value is -1.95. The van der Waals surface area contributed by atoms with Crippen LogP contribution < -0.4 is 4.74 Å². The summed E-state index contributed by atoms with van der Waals surface area (Å²) in [7, 11) is 1.58. The highest BCUT2D eigenvalue weighted by molar-refractivity contribution is 6.18. The zero-order chi connectivity index (χ0) is 15.9. The molecule has 0 N–H and O–H groups in total. The molecule has 120 valence electrons. The number of amides is 2. The minimum absolute atomic E-state index is 0.0450. The van der Waals surface area contributed by atoms with Gasteiger partial charge in [-0.15, -0.1) is 11.6 Å². The third-order valence-electron chi connectivity index (χ3n) is 3.46. The molecule has 0 radical (unpaired) electrons. The van der Waals surface area contributed by atoms with Gasteiger partial charge in [0.15, 0.2) is 0 Å². The van der Waals surface area contributed by atoms with Gasteiger partial charge in [0, 0.05) is 31.7 Å². The van der Waals surface area contributed by atoms with Gasteiger partial charge in [0.05, 0.1) is 13.0 Å². The number of piperazine rings is 1. The number of halogens is 1. The average molecular weight is 327 g/mol. The standard InChI is InChI=1S/C15H19ClN2O4/c1-21-13-4-2-12(3-5-13)14(19)17-7-9-18(10-8-17)15(20)22-11-6-16/h2-5H,6-11H2,1H3. The zero-order valence-electron chi connectivity index (χ0n) is 12.5. The van der Waals surface area contributed by atoms with Crippen molar-refractivity contribution in [1.29, 1.82) is 0 Å². The van der Waals surface area contributed by atoms with Gasteiger partial charge >= 0.3 is 6.09 Å². The molecule has 0 unspecified atom stereocenters. The van der Waals surface area contributed by atoms with Crippen LogP contribution in [0.1, 0.15) is 10.4 Å². The van der Waals surface area contributed by atoms with Crippen LogP contribution in [0, 0.1) is 0 Å². The number of nitrogens with zero attached hydrogens (tertiary/aromatic N) is 2. The van der Waals surface area contributed by atoms with Crippen LogP contribution in [0.25, 0.3) is 0 Å². The first-order valence-corrected chi connectivity index (χ1v) is 7.60. The number of alkyl halides is 1. The molecule has 1 saturated heterocycles. The topological polar surface area (TPSA) is 59.1 Å². The van der Waals surface area contributed by atoms with Crippen LogP contribution in [0.5, 0.6) is 5.75 Å². The first-order chi connectivity index (χ1) is 10.7. The van der Waals surface area contributed by atoms with Crippen LogP contribution >= 0.6 is 11.6 Å². The van der Waals surface area contributed by atoms with E-state index < -0.39 is 0 Å². The van der Waals surface area contributed by atoms with Crippen molar-refractivity contribution in [3.05, 3.63) is 29.8 Å². The van der Waals surface area contributed by atoms with Gasteiger partial charge in [0.2, 0.25) is 0 Å². The summed E-state index contributed by atoms with van der Waals surface area (Å²) in [6.45, 7) is 2.10. The van der Waals surface area contributed by atoms with Gasteiger partial charge in [-0.3, -0.25) is 4.79 Å². The molecule has 0 saturated carbocycles. The van der Waals surface area contributed by atoms with Gasteiger partial charge in [-0.25, -0.2) is 4.79 Å². The van der Waals surface area contributed by atoms with Crippen molar-refractivity contribution < 1.29 is 19.1 Å². The summed E-state index contributed by atoms with van der Waals surface area (Å²) in [6, 6.07) is 6.99. The second kappa shape index (κ2) is 7.89. The lowest BCUT2D eigenvalue weighted by Gasteiger charge is -2.34. The molecule has 0 aliphatic carbocycles. The Morgan fingerprint density at radius 2 is 1.68 bits per heavy atom. The van der Waals surface area contributed by atoms with Crippen molar-refractivity contribution >= 4 is 23.6 Å². The summed E-state index contributed by atoms with van der Waals surface area (Å²) in [4.78, 5) is 27.4. The molecule has 0 spiro atoms. The third-order valence-corrected chi connectivity index (χ3v) is 3.62. The summed E-state index contributed by atoms with van der Waals surface area (Å²) < 4.78 is 10.0. The molecule has 2 amide bonds. The monoisotopic (exact) mass is 326 g/mol. The SMILES string of the molecule is COc1ccc(C(=O)N2CCN(C(=O)OCCCl)CC2)cc1. The molecule has 1 aromatic carbocycles. The Balaban J connectivity index is 1.87. The van der Waals surface area contributed by atoms with E-state index in [9.17, 15) is 9.59 Å². The summed E-state index contributed by atoms with van der Waals surface area (Å²) in [5.41, 5.74) is 0.610. The number of carbonyl (C=O) groups excluding carboxylic acids is 2. The van der Waals surface area contributed by atoms with Crippen LogP contribution in [0.3, 0.4) is 0 Å². The van der Waals surface area contributed by atoms with E-state index in [4.69, 9.17) is 21.1 Å². The molecule has 1 fully saturated rings. The number of carbonyl (C=O) groups is 2. The van der Waals surface area contributed by atoms with Crippen LogP contribution in [-0.2, 0) is 4.74 Å². The quantitative estimate of drug-likeness (QED) is 0.792. The summed E-state index contributed by atoms with van der Waals surface area (Å²) in [6.07, 6.45) is -0.378. The van der Waals surface area contributed by atoms with Crippen LogP contribution in [0.15, 0.2) is 24.3 Å². The Morgan fingerprint density at radius 3 is 2.23 bits per heavy atom. The fourth-order valence-corrected chi connectivity index (χ4v) is 2.30. The van der Waals surface area contributed by atoms with Gasteiger partial charge < -0.3 is 19.3 Å². The van der Waals surface area contributed by atoms with E-state index in [0.717, 1.165) is 0 Å². The fourth-order valence-electron chi connectivity index (χ4n) is 2.23. The molecule has 0 atom stereocenters. The average Bonchev–Trinajstić information content (AvgIpc) is 2.59. The van der Waals surface area contributed by atoms with Crippen LogP contribution in [-0.4, -0.2) is 67.6 Å². The van der Waals surface area contributed by atoms with Crippen molar-refractivity contribution in [2.75, 3.05) is 45.8 Å². The lowest BCUT2D eigenvalue weighted by Crippen LogP contribution is -2.50. The minimum Gasteiger partial charge on any atom is -0.497 e. The van der Waals surface area contributed by atoms with E-state index in [2.05, 4.69) is 0 Å². The molecular weight excluding hydrogens is 308 g/mol. The van der Waals surface area contributed by atoms with Crippen molar-refractivity contribution in [1.82, 2.24) is 9.80 Å². The number of rotatable bonds is 4. The van der Waals surface area contributed by atoms with Crippen molar-refractivity contribution in [2.24, 2.45) is 0 Å². The Morgan fingerprint density at radius 1 is 1.09 bits per heavy atom. The van der Waals surface area contributed by atoms with Crippen LogP contribution in [0.4, 0.5) is 4.79 Å². The zero-order valence-corrected chi connectivity index (χ0v) is 13.2. The van der Waals surface area contributed by atoms with Gasteiger partial charge in [0.25, 0.3) is 5.91 Å². The Labute approximate surface area is 134 Å². The number of benzene rings is 1. The molecule has 1 aliphatic heterocycles. The van der Waals surface area contributed by atoms with Crippen molar-refractivity contribution in [3.8, 4) is 5.75 Å². The maximum absolute atomic E-state index is 12.4. The number of ether oxygens (including phenoxy) is 2. The van der Waals surface area contributed by atoms with E-state index in [1.807, 2.05) is 0 Å². The number of hydrogen-bond acceptors (Lipinski definition) is 4. The van der Waals surface area contributed by atoms with Gasteiger partial charge in [-0.1, -0.05) is 0 Å². The summed E-state index contributed by atoms with van der Waals surface area (Å²) in [5.74, 6) is 0.946. The molecular formula is C15H19ClN2O4. The van der Waals surface area contributed by atoms with Gasteiger partial charge in [-0.2, -0.15) is 0 Å². The maximum Gasteiger partial charge on any atom is 0.409 e. The van der Waals surface area contributed by atoms with E-state index in [1.54, 1.807) is 41.2 Å². The second-order valence-corrected chi connectivity index (χ2v) is 5.19. The van der Waals surface area contributed by atoms with Crippen LogP contribution in [0.2, 0.25) is 0 Å². The molecule has 1 heterocycles. The molecule has 1 aromatic rings. The third kappa shape index (κ3) is 4.04. The highest BCUT2D eigenvalue weighted by Gasteiger charge is 2.25. The van der Waals surface area contributed by atoms with Crippen molar-refractivity contribution in [2.45, 2.75) is 0 Å². The number of methoxy groups -OCH3 is 1. The molecule has 0 bridgehead atoms. The molecule has 1 aliphatic rings. The highest BCUT2D eigenvalue weighted by Crippen LogP contribution is 2.14. The second-order valence-electron chi connectivity index (χ2n) is 4.81. The Bertz CT molecular complexity index is 513. The predicted octanol–water partition coefficient (Wildman–Crippen LogP) is 1.83. The summed E-state index contributed by atoms with van der Waals surface area (Å²) >= 11 is 5.48. The van der Waals surface area contributed by atoms with Crippen molar-refractivity contribution in [3.63, 3.8) is 0 Å². The minimum atomic E-state index is -0.378. The molecule has 7 heteroatoms. The molecule has 22 heavy (non-hydrogen) atoms. The molecule has 0 aromatic heterocycles. The molecule has 6 nitrogen and oxygen atoms in total. The normalized spacial score (nSPS) is 14.6. The smallest absolute Gasteiger partial charge is 0.409 e. The first kappa shape index (κ1) is 16.4. The fraction of sp³-hybridized carbons (Fsp3) is 0.467. The lowest BCUT2D eigenvalue weighted by atomic mass is 10.1. The summed E-state index contributed by atoms with van der Waals surface area (Å²) in [5, 5.41) is 0. The van der Waals surface area contributed by atoms with Gasteiger partial charge in [-0.05, 0) is 24.3 Å². The first-order valence-electron chi connectivity index (χ1n) is 7.06. The largest absolute Gasteiger partial charge is 0.497 e. The number of hydrogen-bond donors (Lipinski definition) is 0.